The second kappa shape index (κ2) is 11.9. The highest BCUT2D eigenvalue weighted by Crippen LogP contribution is 2.23. The molecular weight excluding hydrogens is 492 g/mol. The lowest BCUT2D eigenvalue weighted by Gasteiger charge is -2.26. The van der Waals surface area contributed by atoms with Crippen LogP contribution in [0.1, 0.15) is 24.8 Å². The molecule has 0 atom stereocenters. The first-order chi connectivity index (χ1) is 17.0. The molecule has 0 amide bonds. The van der Waals surface area contributed by atoms with Gasteiger partial charge in [-0.15, -0.1) is 0 Å². The van der Waals surface area contributed by atoms with Crippen LogP contribution < -0.4 is 11.2 Å². The number of nitrogens with one attached hydrogen (secondary N) is 1. The van der Waals surface area contributed by atoms with Crippen LogP contribution in [0.25, 0.3) is 16.5 Å². The highest BCUT2D eigenvalue weighted by molar-refractivity contribution is 7.79. The highest BCUT2D eigenvalue weighted by atomic mass is 32.3. The summed E-state index contributed by atoms with van der Waals surface area (Å²) < 4.78 is 33.0. The standard InChI is InChI=1S/C23H24N4O4.H2O4S/c28-22-21-19(9-6-10-20(21)27(30)31)26(23(29)24-22)14-5-4-13-25-15-11-18(12-16-25)17-7-2-1-3-8-17;1-5(2,3)4/h1-3,6-11H,4-5,12-16H2,(H-,24,28,29,30,31);(H2,1,2,3,4)/p+1. The molecule has 0 saturated heterocycles. The molecule has 36 heavy (non-hydrogen) atoms. The fourth-order valence-electron chi connectivity index (χ4n) is 4.14. The molecule has 0 bridgehead atoms. The topological polar surface area (TPSA) is 173 Å². The Kier molecular flexibility index (Phi) is 8.88. The van der Waals surface area contributed by atoms with Crippen LogP contribution in [0, 0.1) is 4.91 Å². The van der Waals surface area contributed by atoms with Crippen LogP contribution in [0.15, 0.2) is 64.2 Å². The summed E-state index contributed by atoms with van der Waals surface area (Å²) in [5.74, 6) is 0. The summed E-state index contributed by atoms with van der Waals surface area (Å²) in [7, 11) is -4.67. The number of unbranched alkanes of at least 4 members (excludes halogenated alkanes) is 1. The minimum absolute atomic E-state index is 0.00853. The Balaban J connectivity index is 0.000000658. The minimum Gasteiger partial charge on any atom is -0.299 e. The molecule has 0 spiro atoms. The Morgan fingerprint density at radius 1 is 0.972 bits per heavy atom. The maximum absolute atomic E-state index is 12.3. The van der Waals surface area contributed by atoms with Gasteiger partial charge in [-0.05, 0) is 43.0 Å². The minimum atomic E-state index is -4.67. The second-order valence-corrected chi connectivity index (χ2v) is 9.05. The molecule has 0 fully saturated rings. The third-order valence-electron chi connectivity index (χ3n) is 5.75. The van der Waals surface area contributed by atoms with Crippen LogP contribution in [0.4, 0.5) is 5.69 Å². The van der Waals surface area contributed by atoms with Crippen molar-refractivity contribution < 1.29 is 27.7 Å². The van der Waals surface area contributed by atoms with Gasteiger partial charge in [0, 0.05) is 25.7 Å². The van der Waals surface area contributed by atoms with E-state index in [0.29, 0.717) is 12.1 Å². The van der Waals surface area contributed by atoms with Crippen molar-refractivity contribution in [2.75, 3.05) is 19.6 Å². The molecule has 12 nitrogen and oxygen atoms in total. The number of aromatic amines is 1. The largest absolute Gasteiger partial charge is 0.394 e. The maximum Gasteiger partial charge on any atom is 0.394 e. The predicted molar refractivity (Wildman–Crippen MR) is 133 cm³/mol. The number of benzene rings is 2. The lowest BCUT2D eigenvalue weighted by Crippen LogP contribution is -2.32. The molecule has 0 radical (unpaired) electrons. The highest BCUT2D eigenvalue weighted by Gasteiger charge is 2.22. The zero-order valence-electron chi connectivity index (χ0n) is 19.3. The molecule has 0 unspecified atom stereocenters. The molecule has 1 aromatic heterocycles. The fraction of sp³-hybridized carbons (Fsp3) is 0.304. The van der Waals surface area contributed by atoms with E-state index in [2.05, 4.69) is 40.2 Å². The Bertz CT molecular complexity index is 1470. The van der Waals surface area contributed by atoms with Crippen molar-refractivity contribution in [3.05, 3.63) is 85.9 Å². The second-order valence-electron chi connectivity index (χ2n) is 8.16. The van der Waals surface area contributed by atoms with E-state index in [9.17, 15) is 19.7 Å². The number of nitrogens with zero attached hydrogens (tertiary/aromatic N) is 3. The van der Waals surface area contributed by atoms with Gasteiger partial charge in [0.2, 0.25) is 0 Å². The molecule has 0 saturated carbocycles. The van der Waals surface area contributed by atoms with Crippen molar-refractivity contribution in [2.45, 2.75) is 25.8 Å². The van der Waals surface area contributed by atoms with Crippen LogP contribution in [0.3, 0.4) is 0 Å². The number of hydrogen-bond acceptors (Lipinski definition) is 6. The first-order valence-corrected chi connectivity index (χ1v) is 12.5. The smallest absolute Gasteiger partial charge is 0.299 e. The normalized spacial score (nSPS) is 14.1. The van der Waals surface area contributed by atoms with Crippen molar-refractivity contribution >= 4 is 32.6 Å². The first-order valence-electron chi connectivity index (χ1n) is 11.1. The maximum atomic E-state index is 12.3. The number of aryl methyl sites for hydroxylation is 1. The lowest BCUT2D eigenvalue weighted by atomic mass is 9.99. The van der Waals surface area contributed by atoms with Crippen molar-refractivity contribution in [1.82, 2.24) is 14.5 Å². The van der Waals surface area contributed by atoms with Gasteiger partial charge in [0.15, 0.2) is 0 Å². The average molecular weight is 520 g/mol. The molecule has 2 aromatic carbocycles. The van der Waals surface area contributed by atoms with Crippen molar-refractivity contribution in [3.63, 3.8) is 0 Å². The summed E-state index contributed by atoms with van der Waals surface area (Å²) in [5.41, 5.74) is 1.63. The van der Waals surface area contributed by atoms with Gasteiger partial charge in [-0.3, -0.25) is 28.4 Å². The molecule has 2 heterocycles. The molecule has 1 aliphatic heterocycles. The third-order valence-corrected chi connectivity index (χ3v) is 5.75. The SMILES string of the molecule is O=S(=O)(O)O.O=c1[nH]c(=O)n(CCCCN2CC=C(c3ccccc3)CC2)c2cccc([N+](=O)O)c12. The Morgan fingerprint density at radius 2 is 1.64 bits per heavy atom. The van der Waals surface area contributed by atoms with Gasteiger partial charge in [0.1, 0.15) is 5.39 Å². The van der Waals surface area contributed by atoms with Gasteiger partial charge in [0.05, 0.1) is 10.4 Å². The van der Waals surface area contributed by atoms with Crippen LogP contribution >= 0.6 is 0 Å². The monoisotopic (exact) mass is 519 g/mol. The predicted octanol–water partition coefficient (Wildman–Crippen LogP) is 2.41. The number of aromatic nitrogens is 2. The van der Waals surface area contributed by atoms with E-state index >= 15 is 0 Å². The summed E-state index contributed by atoms with van der Waals surface area (Å²) >= 11 is 0. The number of fused-ring (bicyclic) bond motifs is 1. The molecule has 192 valence electrons. The Morgan fingerprint density at radius 3 is 2.25 bits per heavy atom. The molecule has 13 heteroatoms. The summed E-state index contributed by atoms with van der Waals surface area (Å²) in [4.78, 5) is 40.2. The molecular formula is C23H27N4O8S+. The van der Waals surface area contributed by atoms with Crippen LogP contribution in [0.2, 0.25) is 0 Å². The number of H-pyrrole nitrogens is 1. The fourth-order valence-corrected chi connectivity index (χ4v) is 4.14. The van der Waals surface area contributed by atoms with Crippen LogP contribution in [-0.2, 0) is 16.9 Å². The molecule has 4 rings (SSSR count). The van der Waals surface area contributed by atoms with Gasteiger partial charge in [-0.25, -0.2) is 10.0 Å². The molecule has 0 aliphatic carbocycles. The Labute approximate surface area is 206 Å². The zero-order valence-corrected chi connectivity index (χ0v) is 20.1. The summed E-state index contributed by atoms with van der Waals surface area (Å²) in [6.07, 6.45) is 4.94. The van der Waals surface area contributed by atoms with Crippen LogP contribution in [0.5, 0.6) is 0 Å². The first kappa shape index (κ1) is 26.9. The van der Waals surface area contributed by atoms with Crippen molar-refractivity contribution in [1.29, 1.82) is 0 Å². The third kappa shape index (κ3) is 7.42. The lowest BCUT2D eigenvalue weighted by molar-refractivity contribution is -0.728. The quantitative estimate of drug-likeness (QED) is 0.208. The number of hydrogen-bond donors (Lipinski definition) is 4. The molecule has 4 N–H and O–H groups in total. The number of rotatable bonds is 7. The summed E-state index contributed by atoms with van der Waals surface area (Å²) in [5, 5.41) is 9.29. The van der Waals surface area contributed by atoms with E-state index in [4.69, 9.17) is 17.5 Å². The zero-order chi connectivity index (χ0) is 26.3. The summed E-state index contributed by atoms with van der Waals surface area (Å²) in [6, 6.07) is 14.9. The van der Waals surface area contributed by atoms with E-state index in [0.717, 1.165) is 38.9 Å². The van der Waals surface area contributed by atoms with E-state index in [1.54, 1.807) is 12.1 Å². The van der Waals surface area contributed by atoms with E-state index < -0.39 is 21.6 Å². The van der Waals surface area contributed by atoms with Crippen LogP contribution in [-0.4, -0.2) is 61.7 Å². The molecule has 3 aromatic rings. The van der Waals surface area contributed by atoms with Gasteiger partial charge in [-0.1, -0.05) is 42.5 Å². The van der Waals surface area contributed by atoms with Crippen molar-refractivity contribution in [3.8, 4) is 0 Å². The summed E-state index contributed by atoms with van der Waals surface area (Å²) in [6.45, 7) is 3.25. The van der Waals surface area contributed by atoms with Gasteiger partial charge in [-0.2, -0.15) is 8.42 Å². The van der Waals surface area contributed by atoms with E-state index in [1.807, 2.05) is 6.07 Å². The molecule has 1 aliphatic rings. The van der Waals surface area contributed by atoms with Crippen molar-refractivity contribution in [2.24, 2.45) is 0 Å². The van der Waals surface area contributed by atoms with E-state index in [-0.39, 0.29) is 16.0 Å². The van der Waals surface area contributed by atoms with E-state index in [1.165, 1.54) is 21.8 Å². The average Bonchev–Trinajstić information content (AvgIpc) is 2.83. The Hall–Kier alpha value is -3.65. The van der Waals surface area contributed by atoms with Gasteiger partial charge >= 0.3 is 21.8 Å². The van der Waals surface area contributed by atoms with Gasteiger partial charge in [0.25, 0.3) is 10.5 Å². The van der Waals surface area contributed by atoms with Gasteiger partial charge < -0.3 is 0 Å².